The van der Waals surface area contributed by atoms with Crippen molar-refractivity contribution in [1.82, 2.24) is 92.5 Å². The van der Waals surface area contributed by atoms with Crippen LogP contribution in [0.2, 0.25) is 0 Å². The molecule has 2 unspecified atom stereocenters. The summed E-state index contributed by atoms with van der Waals surface area (Å²) < 4.78 is 0. The summed E-state index contributed by atoms with van der Waals surface area (Å²) in [5.74, 6) is -10.1. The molecule has 7 rings (SSSR count). The normalized spacial score (nSPS) is 23.4. The lowest BCUT2D eigenvalue weighted by atomic mass is 10.0. The molecule has 746 valence electrons. The molecule has 3 aromatic carbocycles. The number of β-amino-alcohol motifs (C(OH)–C–C–N with tert-alkyl or cyclic N) is 1. The summed E-state index contributed by atoms with van der Waals surface area (Å²) >= 11 is 0. The third-order valence-electron chi connectivity index (χ3n) is 23.4. The highest BCUT2D eigenvalue weighted by molar-refractivity contribution is 5.83. The fraction of sp³-hybridized carbons (Fsp3) is 0.659. The second-order valence-electron chi connectivity index (χ2n) is 34.1. The number of unbranched alkanes of at least 4 members (excludes halogenated alkanes) is 4. The number of nitrogens with one attached hydrogen (secondary N) is 12. The molecule has 48 heteroatoms. The minimum Gasteiger partial charge on any atom is -0.481 e. The van der Waals surface area contributed by atoms with Crippen molar-refractivity contribution in [1.29, 1.82) is 0 Å². The minimum atomic E-state index is -2.00. The predicted molar refractivity (Wildman–Crippen MR) is 482 cm³/mol. The summed E-state index contributed by atoms with van der Waals surface area (Å²) in [7, 11) is 1.74. The number of carboxylic acid groups (broad SMARTS) is 7. The second kappa shape index (κ2) is 58.0. The predicted octanol–water partition coefficient (Wildman–Crippen LogP) is -6.35. The Hall–Kier alpha value is -9.53. The van der Waals surface area contributed by atoms with Gasteiger partial charge in [-0.1, -0.05) is 67.8 Å². The maximum absolute atomic E-state index is 14.8. The van der Waals surface area contributed by atoms with Crippen LogP contribution in [-0.2, 0) is 62.7 Å². The van der Waals surface area contributed by atoms with Gasteiger partial charge in [0, 0.05) is 109 Å². The standard InChI is InChI=1S/C85H140N22O26/c1-102(46-65-93-55-16-7-8-17-56(55)94-65)83(132)52-20-21-54-53(41-52)45-107(84(133)64(92-54)43-72(117)118)31-12-3-2-10-29-89-76(125)59(99-80(129)61(24-27-70(113)114)100-79(128)60(23-26-69(111)112)95-68(110)47-103-32-34-104(48-73(119)120)36-38-106(50-75(123)124)39-37-105(35-33-103)49-74(121)122)22-25-66(108)88-28-11-9-18-58-78(127)97-57(19-13-30-90-85(86)87)77(126)91-44-67(109)96-63(42-71(115)116)82(131)101-62(81(130)98-58)40-51-14-5-4-6-15-51/h4-8,14-17,20-21,41,57-64,66-67,76-79,81-84,88-89,91-92,96-98,100-101,108-109,125-128,130-133H,2-3,9-13,18-19,22-40,42-50H2,1H3,(H,93,94)(H,95,110)(H,99,129)(H,111,112)(H,113,114)(H,115,116)(H,117,118)(H,119,120)(H,121,122)(H,123,124)(H4,86,87,90)/t57?,58?,59-,60-,61+,62+,63-,64-,66+,67+,76+,77+,78+,79-,81+,82+,83-,84-/m0/s1. The average molecular weight is 1890 g/mol. The van der Waals surface area contributed by atoms with E-state index in [9.17, 15) is 130 Å². The lowest BCUT2D eigenvalue weighted by Gasteiger charge is -2.35. The number of aromatic amines is 1. The van der Waals surface area contributed by atoms with E-state index >= 15 is 0 Å². The average Bonchev–Trinajstić information content (AvgIpc) is 1.73. The van der Waals surface area contributed by atoms with Crippen LogP contribution in [0.15, 0.2) is 77.8 Å². The number of carbonyl (C=O) groups excluding carboxylic acids is 2. The number of anilines is 1. The van der Waals surface area contributed by atoms with Crippen LogP contribution in [0.3, 0.4) is 0 Å². The van der Waals surface area contributed by atoms with Crippen LogP contribution in [-0.4, -0.2) is 408 Å². The van der Waals surface area contributed by atoms with Crippen LogP contribution in [0, 0.1) is 0 Å². The Balaban J connectivity index is 1.07. The first-order valence-corrected chi connectivity index (χ1v) is 45.0. The zero-order valence-corrected chi connectivity index (χ0v) is 75.0. The first-order valence-electron chi connectivity index (χ1n) is 45.0. The molecule has 2 amide bonds. The van der Waals surface area contributed by atoms with Crippen molar-refractivity contribution in [3.63, 3.8) is 0 Å². The number of aliphatic hydroxyl groups excluding tert-OH is 10. The number of aromatic nitrogens is 2. The highest BCUT2D eigenvalue weighted by atomic mass is 16.4. The van der Waals surface area contributed by atoms with Crippen molar-refractivity contribution in [2.24, 2.45) is 16.5 Å². The van der Waals surface area contributed by atoms with E-state index in [4.69, 9.17) is 11.5 Å². The van der Waals surface area contributed by atoms with Gasteiger partial charge in [0.2, 0.25) is 11.8 Å². The largest absolute Gasteiger partial charge is 0.481 e. The van der Waals surface area contributed by atoms with Gasteiger partial charge in [-0.25, -0.2) is 4.98 Å². The molecule has 133 heavy (non-hydrogen) atoms. The Kier molecular flexibility index (Phi) is 48.2. The van der Waals surface area contributed by atoms with Gasteiger partial charge in [-0.2, -0.15) is 0 Å². The summed E-state index contributed by atoms with van der Waals surface area (Å²) in [6.45, 7) is -0.796. The van der Waals surface area contributed by atoms with Crippen LogP contribution in [0.1, 0.15) is 138 Å². The minimum absolute atomic E-state index is 0.000472. The Morgan fingerprint density at radius 1 is 0.541 bits per heavy atom. The van der Waals surface area contributed by atoms with Crippen molar-refractivity contribution in [3.8, 4) is 0 Å². The summed E-state index contributed by atoms with van der Waals surface area (Å²) in [6.07, 6.45) is -16.1. The number of nitrogens with zero attached hydrogens (tertiary/aromatic N) is 8. The van der Waals surface area contributed by atoms with E-state index in [1.807, 2.05) is 24.3 Å². The van der Waals surface area contributed by atoms with Crippen molar-refractivity contribution >= 4 is 76.3 Å². The van der Waals surface area contributed by atoms with E-state index in [0.717, 1.165) is 11.0 Å². The number of rotatable bonds is 52. The third-order valence-corrected chi connectivity index (χ3v) is 23.4. The van der Waals surface area contributed by atoms with Gasteiger partial charge in [0.25, 0.3) is 0 Å². The van der Waals surface area contributed by atoms with Gasteiger partial charge in [0.1, 0.15) is 68.1 Å². The van der Waals surface area contributed by atoms with Crippen LogP contribution < -0.4 is 70.0 Å². The number of benzene rings is 3. The number of hydrogen-bond donors (Lipinski definition) is 31. The number of guanidine groups is 1. The summed E-state index contributed by atoms with van der Waals surface area (Å²) in [4.78, 5) is 135. The molecule has 33 N–H and O–H groups in total. The fourth-order valence-electron chi connectivity index (χ4n) is 16.2. The molecule has 4 aromatic rings. The number of amides is 2. The van der Waals surface area contributed by atoms with Crippen LogP contribution in [0.4, 0.5) is 5.69 Å². The number of aliphatic imine (C=N–C) groups is 1. The zero-order chi connectivity index (χ0) is 97.2. The second-order valence-corrected chi connectivity index (χ2v) is 34.1. The molecule has 4 heterocycles. The molecule has 0 radical (unpaired) electrons. The number of H-pyrrole nitrogens is 1. The molecule has 3 aliphatic heterocycles. The Morgan fingerprint density at radius 3 is 1.69 bits per heavy atom. The number of para-hydroxylation sites is 2. The van der Waals surface area contributed by atoms with Crippen molar-refractivity contribution in [2.45, 2.75) is 239 Å². The lowest BCUT2D eigenvalue weighted by Crippen LogP contribution is -2.62. The first kappa shape index (κ1) is 110. The highest BCUT2D eigenvalue weighted by Gasteiger charge is 2.38. The molecular formula is C85H140N22O26. The molecule has 2 saturated heterocycles. The van der Waals surface area contributed by atoms with Gasteiger partial charge in [-0.15, -0.1) is 0 Å². The number of carboxylic acids is 7. The Morgan fingerprint density at radius 2 is 1.08 bits per heavy atom. The molecule has 18 atom stereocenters. The Labute approximate surface area is 770 Å². The molecule has 3 aliphatic rings. The van der Waals surface area contributed by atoms with E-state index in [1.54, 1.807) is 75.2 Å². The maximum atomic E-state index is 14.8. The maximum Gasteiger partial charge on any atom is 0.317 e. The van der Waals surface area contributed by atoms with Gasteiger partial charge in [-0.05, 0) is 132 Å². The number of nitrogens with two attached hydrogens (primary N) is 2. The molecule has 0 bridgehead atoms. The smallest absolute Gasteiger partial charge is 0.317 e. The van der Waals surface area contributed by atoms with E-state index in [-0.39, 0.29) is 149 Å². The Bertz CT molecular complexity index is 4190. The van der Waals surface area contributed by atoms with Gasteiger partial charge in [-0.3, -0.25) is 120 Å². The van der Waals surface area contributed by atoms with Crippen LogP contribution in [0.25, 0.3) is 11.0 Å². The van der Waals surface area contributed by atoms with Crippen molar-refractivity contribution in [3.05, 3.63) is 95.3 Å². The molecule has 0 aliphatic carbocycles. The third kappa shape index (κ3) is 41.3. The number of carbonyl (C=O) groups is 9. The lowest BCUT2D eigenvalue weighted by molar-refractivity contribution is -0.140. The molecule has 1 aromatic heterocycles. The van der Waals surface area contributed by atoms with E-state index < -0.39 is 229 Å². The molecule has 2 fully saturated rings. The van der Waals surface area contributed by atoms with Gasteiger partial charge in [0.05, 0.1) is 92.8 Å². The molecular weight excluding hydrogens is 1750 g/mol. The quantitative estimate of drug-likeness (QED) is 0.00846. The number of aliphatic carboxylic acids is 7. The summed E-state index contributed by atoms with van der Waals surface area (Å²) in [5.41, 5.74) is 15.3. The monoisotopic (exact) mass is 1890 g/mol. The molecule has 48 nitrogen and oxygen atoms in total. The number of aliphatic hydroxyl groups is 10. The SMILES string of the molecule is CN(Cc1nc2ccccc2[nH]1)[C@@H](O)c1ccc2c(c1)CN(CCCCCCN[C@H](O)[C@H](CC[C@@H](O)NCCCCC1N[C@H](O)[C@@H](Cc3ccccc3)N[C@H](O)[C@H](CC(=O)O)N[C@H](O)CN[C@H](O)C(CCCN=C(N)N)N[C@@H]1O)NC(=O)[C@@H](CCC(=O)O)N[C@@H](O)[C@H](CCC(=O)O)NC(=O)CN1CCN(CC(=O)O)CCN(CC(=O)O)CCN(CC(=O)O)CC1)[C@@H](O)[C@H](CC(=O)O)N2. The van der Waals surface area contributed by atoms with Gasteiger partial charge >= 0.3 is 41.8 Å². The van der Waals surface area contributed by atoms with Gasteiger partial charge in [0.15, 0.2) is 5.96 Å². The fourth-order valence-corrected chi connectivity index (χ4v) is 16.2. The topological polar surface area (TPSA) is 742 Å². The number of hydrogen-bond acceptors (Lipinski definition) is 36. The highest BCUT2D eigenvalue weighted by Crippen LogP contribution is 2.31. The molecule has 0 spiro atoms. The summed E-state index contributed by atoms with van der Waals surface area (Å²) in [5, 5.41) is 218. The number of imidazole rings is 1. The van der Waals surface area contributed by atoms with Gasteiger partial charge < -0.3 is 119 Å². The van der Waals surface area contributed by atoms with E-state index in [0.29, 0.717) is 60.4 Å². The van der Waals surface area contributed by atoms with E-state index in [1.165, 1.54) is 9.80 Å². The van der Waals surface area contributed by atoms with Crippen LogP contribution >= 0.6 is 0 Å². The first-order chi connectivity index (χ1) is 63.3. The van der Waals surface area contributed by atoms with E-state index in [2.05, 4.69) is 73.4 Å². The van der Waals surface area contributed by atoms with Crippen LogP contribution in [0.5, 0.6) is 0 Å². The summed E-state index contributed by atoms with van der Waals surface area (Å²) in [6, 6.07) is 11.7. The molecule has 0 saturated carbocycles. The van der Waals surface area contributed by atoms with Crippen molar-refractivity contribution < 1.29 is 130 Å². The van der Waals surface area contributed by atoms with Crippen molar-refractivity contribution in [2.75, 3.05) is 124 Å². The number of fused-ring (bicyclic) bond motifs is 2. The zero-order valence-electron chi connectivity index (χ0n) is 75.0.